The third-order valence-corrected chi connectivity index (χ3v) is 6.11. The molecule has 2 fully saturated rings. The van der Waals surface area contributed by atoms with Gasteiger partial charge < -0.3 is 0 Å². The topological polar surface area (TPSA) is 83.8 Å². The van der Waals surface area contributed by atoms with Gasteiger partial charge in [-0.25, -0.2) is 8.42 Å². The summed E-state index contributed by atoms with van der Waals surface area (Å²) in [6.45, 7) is 2.81. The number of benzene rings is 1. The second kappa shape index (κ2) is 5.36. The summed E-state index contributed by atoms with van der Waals surface area (Å²) in [7, 11) is -3.56. The van der Waals surface area contributed by atoms with Gasteiger partial charge in [0.15, 0.2) is 0 Å². The van der Waals surface area contributed by atoms with E-state index in [-0.39, 0.29) is 10.6 Å². The van der Waals surface area contributed by atoms with Gasteiger partial charge in [0.05, 0.1) is 9.82 Å². The average Bonchev–Trinajstić information content (AvgIpc) is 2.94. The summed E-state index contributed by atoms with van der Waals surface area (Å²) in [6, 6.07) is 5.41. The maximum Gasteiger partial charge on any atom is 0.269 e. The fourth-order valence-corrected chi connectivity index (χ4v) is 4.54. The van der Waals surface area contributed by atoms with Crippen LogP contribution in [-0.2, 0) is 10.0 Å². The molecule has 0 bridgehead atoms. The van der Waals surface area contributed by atoms with Crippen LogP contribution in [0.15, 0.2) is 29.2 Å². The Kier molecular flexibility index (Phi) is 3.68. The molecular weight excluding hydrogens is 294 g/mol. The van der Waals surface area contributed by atoms with Gasteiger partial charge in [-0.3, -0.25) is 15.0 Å². The van der Waals surface area contributed by atoms with Crippen LogP contribution in [0, 0.1) is 10.1 Å². The fourth-order valence-electron chi connectivity index (χ4n) is 3.07. The summed E-state index contributed by atoms with van der Waals surface area (Å²) in [4.78, 5) is 12.6. The van der Waals surface area contributed by atoms with Crippen LogP contribution < -0.4 is 0 Å². The predicted octanol–water partition coefficient (Wildman–Crippen LogP) is 1.06. The van der Waals surface area contributed by atoms with Crippen LogP contribution in [0.2, 0.25) is 0 Å². The fraction of sp³-hybridized carbons (Fsp3) is 0.538. The highest BCUT2D eigenvalue weighted by Gasteiger charge is 2.36. The summed E-state index contributed by atoms with van der Waals surface area (Å²) >= 11 is 0. The lowest BCUT2D eigenvalue weighted by Gasteiger charge is -2.36. The largest absolute Gasteiger partial charge is 0.298 e. The molecule has 0 saturated carbocycles. The number of hydrogen-bond donors (Lipinski definition) is 0. The minimum absolute atomic E-state index is 0.102. The first-order valence-electron chi connectivity index (χ1n) is 6.97. The Morgan fingerprint density at radius 1 is 1.14 bits per heavy atom. The van der Waals surface area contributed by atoms with Gasteiger partial charge in [0, 0.05) is 37.8 Å². The molecule has 1 aromatic rings. The molecular formula is C13H17N3O4S. The van der Waals surface area contributed by atoms with Crippen molar-refractivity contribution in [2.24, 2.45) is 0 Å². The van der Waals surface area contributed by atoms with Crippen molar-refractivity contribution >= 4 is 15.7 Å². The van der Waals surface area contributed by atoms with E-state index in [1.165, 1.54) is 28.6 Å². The zero-order chi connectivity index (χ0) is 15.0. The lowest BCUT2D eigenvalue weighted by Crippen LogP contribution is -2.51. The molecule has 0 radical (unpaired) electrons. The zero-order valence-electron chi connectivity index (χ0n) is 11.5. The molecule has 0 aromatic heterocycles. The van der Waals surface area contributed by atoms with Crippen molar-refractivity contribution < 1.29 is 13.3 Å². The van der Waals surface area contributed by atoms with E-state index in [1.807, 2.05) is 0 Å². The number of sulfonamides is 1. The molecule has 2 saturated heterocycles. The van der Waals surface area contributed by atoms with Crippen molar-refractivity contribution in [1.82, 2.24) is 9.21 Å². The normalized spacial score (nSPS) is 23.9. The number of non-ortho nitro benzene ring substituents is 1. The van der Waals surface area contributed by atoms with E-state index < -0.39 is 14.9 Å². The van der Waals surface area contributed by atoms with Gasteiger partial charge in [-0.05, 0) is 31.5 Å². The summed E-state index contributed by atoms with van der Waals surface area (Å²) < 4.78 is 26.7. The Morgan fingerprint density at radius 2 is 1.86 bits per heavy atom. The summed E-state index contributed by atoms with van der Waals surface area (Å²) in [5, 5.41) is 10.6. The summed E-state index contributed by atoms with van der Waals surface area (Å²) in [6.07, 6.45) is 2.16. The predicted molar refractivity (Wildman–Crippen MR) is 76.5 cm³/mol. The SMILES string of the molecule is O=[N+]([O-])c1ccc(S(=O)(=O)N2CCN3CCCC3C2)cc1. The number of rotatable bonds is 3. The van der Waals surface area contributed by atoms with Crippen molar-refractivity contribution in [2.45, 2.75) is 23.8 Å². The highest BCUT2D eigenvalue weighted by Crippen LogP contribution is 2.26. The van der Waals surface area contributed by atoms with Crippen molar-refractivity contribution in [3.8, 4) is 0 Å². The van der Waals surface area contributed by atoms with Gasteiger partial charge >= 0.3 is 0 Å². The molecule has 1 unspecified atom stereocenters. The Balaban J connectivity index is 1.81. The van der Waals surface area contributed by atoms with Gasteiger partial charge in [0.25, 0.3) is 5.69 Å². The second-order valence-corrected chi connectivity index (χ2v) is 7.38. The van der Waals surface area contributed by atoms with E-state index in [0.717, 1.165) is 25.9 Å². The van der Waals surface area contributed by atoms with Crippen LogP contribution >= 0.6 is 0 Å². The molecule has 8 heteroatoms. The van der Waals surface area contributed by atoms with Crippen LogP contribution in [0.3, 0.4) is 0 Å². The van der Waals surface area contributed by atoms with Gasteiger partial charge in [-0.1, -0.05) is 0 Å². The molecule has 2 heterocycles. The summed E-state index contributed by atoms with van der Waals surface area (Å²) in [5.41, 5.74) is -0.102. The molecule has 0 amide bonds. The number of hydrogen-bond acceptors (Lipinski definition) is 5. The van der Waals surface area contributed by atoms with Crippen LogP contribution in [0.1, 0.15) is 12.8 Å². The lowest BCUT2D eigenvalue weighted by atomic mass is 10.2. The standard InChI is InChI=1S/C13H17N3O4S/c17-16(18)11-3-5-13(6-4-11)21(19,20)15-9-8-14-7-1-2-12(14)10-15/h3-6,12H,1-2,7-10H2. The Morgan fingerprint density at radius 3 is 2.52 bits per heavy atom. The van der Waals surface area contributed by atoms with E-state index in [4.69, 9.17) is 0 Å². The molecule has 0 N–H and O–H groups in total. The Bertz CT molecular complexity index is 644. The maximum absolute atomic E-state index is 12.6. The summed E-state index contributed by atoms with van der Waals surface area (Å²) in [5.74, 6) is 0. The van der Waals surface area contributed by atoms with Crippen LogP contribution in [-0.4, -0.2) is 54.8 Å². The number of fused-ring (bicyclic) bond motifs is 1. The quantitative estimate of drug-likeness (QED) is 0.616. The van der Waals surface area contributed by atoms with E-state index in [0.29, 0.717) is 19.1 Å². The number of nitro groups is 1. The zero-order valence-corrected chi connectivity index (χ0v) is 12.3. The van der Waals surface area contributed by atoms with Crippen molar-refractivity contribution in [1.29, 1.82) is 0 Å². The van der Waals surface area contributed by atoms with E-state index >= 15 is 0 Å². The second-order valence-electron chi connectivity index (χ2n) is 5.45. The van der Waals surface area contributed by atoms with Crippen LogP contribution in [0.5, 0.6) is 0 Å². The van der Waals surface area contributed by atoms with E-state index in [9.17, 15) is 18.5 Å². The highest BCUT2D eigenvalue weighted by atomic mass is 32.2. The molecule has 3 rings (SSSR count). The van der Waals surface area contributed by atoms with Gasteiger partial charge in [-0.15, -0.1) is 0 Å². The van der Waals surface area contributed by atoms with Crippen LogP contribution in [0.4, 0.5) is 5.69 Å². The molecule has 0 spiro atoms. The smallest absolute Gasteiger partial charge is 0.269 e. The first-order chi connectivity index (χ1) is 9.98. The highest BCUT2D eigenvalue weighted by molar-refractivity contribution is 7.89. The number of nitro benzene ring substituents is 1. The van der Waals surface area contributed by atoms with Crippen molar-refractivity contribution in [3.63, 3.8) is 0 Å². The first-order valence-corrected chi connectivity index (χ1v) is 8.41. The van der Waals surface area contributed by atoms with Crippen molar-refractivity contribution in [2.75, 3.05) is 26.2 Å². The van der Waals surface area contributed by atoms with Gasteiger partial charge in [0.2, 0.25) is 10.0 Å². The van der Waals surface area contributed by atoms with E-state index in [1.54, 1.807) is 0 Å². The average molecular weight is 311 g/mol. The van der Waals surface area contributed by atoms with Crippen LogP contribution in [0.25, 0.3) is 0 Å². The Labute approximate surface area is 123 Å². The first kappa shape index (κ1) is 14.4. The molecule has 114 valence electrons. The minimum atomic E-state index is -3.56. The Hall–Kier alpha value is -1.51. The monoisotopic (exact) mass is 311 g/mol. The molecule has 2 aliphatic heterocycles. The third kappa shape index (κ3) is 2.66. The maximum atomic E-state index is 12.6. The molecule has 21 heavy (non-hydrogen) atoms. The minimum Gasteiger partial charge on any atom is -0.298 e. The molecule has 2 aliphatic rings. The number of piperazine rings is 1. The van der Waals surface area contributed by atoms with Gasteiger partial charge in [-0.2, -0.15) is 4.31 Å². The molecule has 7 nitrogen and oxygen atoms in total. The molecule has 0 aliphatic carbocycles. The number of nitrogens with zero attached hydrogens (tertiary/aromatic N) is 3. The molecule has 1 aromatic carbocycles. The van der Waals surface area contributed by atoms with Crippen molar-refractivity contribution in [3.05, 3.63) is 34.4 Å². The lowest BCUT2D eigenvalue weighted by molar-refractivity contribution is -0.384. The van der Waals surface area contributed by atoms with Gasteiger partial charge in [0.1, 0.15) is 0 Å². The molecule has 1 atom stereocenters. The van der Waals surface area contributed by atoms with E-state index in [2.05, 4.69) is 4.90 Å². The third-order valence-electron chi connectivity index (χ3n) is 4.24.